The maximum Gasteiger partial charge on any atom is 0.293 e. The molecule has 0 aromatic heterocycles. The van der Waals surface area contributed by atoms with Gasteiger partial charge >= 0.3 is 0 Å². The molecule has 0 atom stereocenters. The van der Waals surface area contributed by atoms with Crippen molar-refractivity contribution in [2.24, 2.45) is 10.8 Å². The van der Waals surface area contributed by atoms with Crippen molar-refractivity contribution in [1.29, 1.82) is 0 Å². The zero-order valence-corrected chi connectivity index (χ0v) is 13.0. The number of carbonyl (C=O) groups excluding carboxylic acids is 1. The minimum absolute atomic E-state index is 0.0698. The van der Waals surface area contributed by atoms with Crippen molar-refractivity contribution >= 4 is 17.3 Å². The lowest BCUT2D eigenvalue weighted by molar-refractivity contribution is -0.384. The lowest BCUT2D eigenvalue weighted by Gasteiger charge is -2.10. The Bertz CT molecular complexity index is 594. The summed E-state index contributed by atoms with van der Waals surface area (Å²) in [6, 6.07) is 4.67. The Hall–Kier alpha value is -2.11. The molecule has 1 aliphatic carbocycles. The molecule has 6 nitrogen and oxygen atoms in total. The van der Waals surface area contributed by atoms with Crippen molar-refractivity contribution in [2.45, 2.75) is 33.7 Å². The average Bonchev–Trinajstić information content (AvgIpc) is 2.80. The van der Waals surface area contributed by atoms with Crippen LogP contribution in [0.15, 0.2) is 18.2 Å². The molecule has 0 heterocycles. The smallest absolute Gasteiger partial charge is 0.293 e. The highest BCUT2D eigenvalue weighted by atomic mass is 16.6. The molecule has 21 heavy (non-hydrogen) atoms. The van der Waals surface area contributed by atoms with E-state index < -0.39 is 4.92 Å². The Morgan fingerprint density at radius 1 is 1.24 bits per heavy atom. The zero-order chi connectivity index (χ0) is 16.0. The molecular formula is C15H21N3O3. The van der Waals surface area contributed by atoms with Crippen molar-refractivity contribution in [3.63, 3.8) is 0 Å². The number of carbonyl (C=O) groups is 1. The number of hydrogen-bond donors (Lipinski definition) is 2. The highest BCUT2D eigenvalue weighted by molar-refractivity contribution is 5.95. The second-order valence-corrected chi connectivity index (χ2v) is 6.59. The molecule has 2 rings (SSSR count). The predicted octanol–water partition coefficient (Wildman–Crippen LogP) is 2.80. The van der Waals surface area contributed by atoms with Crippen LogP contribution in [0.2, 0.25) is 0 Å². The summed E-state index contributed by atoms with van der Waals surface area (Å²) in [5, 5.41) is 17.0. The van der Waals surface area contributed by atoms with E-state index in [-0.39, 0.29) is 34.0 Å². The van der Waals surface area contributed by atoms with Crippen LogP contribution in [-0.2, 0) is 0 Å². The van der Waals surface area contributed by atoms with E-state index in [0.717, 1.165) is 0 Å². The molecule has 1 fully saturated rings. The van der Waals surface area contributed by atoms with E-state index in [4.69, 9.17) is 0 Å². The molecule has 114 valence electrons. The molecule has 6 heteroatoms. The van der Waals surface area contributed by atoms with Gasteiger partial charge in [-0.15, -0.1) is 0 Å². The quantitative estimate of drug-likeness (QED) is 0.660. The van der Waals surface area contributed by atoms with Crippen LogP contribution in [0, 0.1) is 20.9 Å². The molecule has 0 unspecified atom stereocenters. The molecule has 1 aliphatic rings. The van der Waals surface area contributed by atoms with E-state index in [1.165, 1.54) is 13.1 Å². The number of hydrogen-bond acceptors (Lipinski definition) is 4. The number of rotatable bonds is 4. The average molecular weight is 291 g/mol. The fourth-order valence-electron chi connectivity index (χ4n) is 2.80. The van der Waals surface area contributed by atoms with Gasteiger partial charge in [0.15, 0.2) is 0 Å². The highest BCUT2D eigenvalue weighted by Gasteiger charge is 2.65. The molecule has 1 aromatic carbocycles. The second kappa shape index (κ2) is 4.72. The topological polar surface area (TPSA) is 84.3 Å². The molecule has 0 bridgehead atoms. The summed E-state index contributed by atoms with van der Waals surface area (Å²) in [7, 11) is 1.50. The zero-order valence-electron chi connectivity index (χ0n) is 13.0. The molecule has 2 N–H and O–H groups in total. The van der Waals surface area contributed by atoms with Gasteiger partial charge < -0.3 is 10.6 Å². The van der Waals surface area contributed by atoms with Crippen molar-refractivity contribution in [3.8, 4) is 0 Å². The molecule has 1 aromatic rings. The van der Waals surface area contributed by atoms with Crippen molar-refractivity contribution < 1.29 is 9.72 Å². The van der Waals surface area contributed by atoms with E-state index in [1.807, 2.05) is 0 Å². The molecule has 0 radical (unpaired) electrons. The fourth-order valence-corrected chi connectivity index (χ4v) is 2.80. The maximum absolute atomic E-state index is 11.6. The van der Waals surface area contributed by atoms with Crippen LogP contribution < -0.4 is 10.6 Å². The van der Waals surface area contributed by atoms with Crippen LogP contribution >= 0.6 is 0 Å². The molecule has 1 saturated carbocycles. The van der Waals surface area contributed by atoms with E-state index in [1.54, 1.807) is 12.1 Å². The number of anilines is 1. The summed E-state index contributed by atoms with van der Waals surface area (Å²) in [6.45, 7) is 8.54. The lowest BCUT2D eigenvalue weighted by atomic mass is 10.0. The first-order valence-corrected chi connectivity index (χ1v) is 6.90. The van der Waals surface area contributed by atoms with Crippen molar-refractivity contribution in [2.75, 3.05) is 12.4 Å². The monoisotopic (exact) mass is 291 g/mol. The van der Waals surface area contributed by atoms with Crippen LogP contribution in [0.4, 0.5) is 11.4 Å². The summed E-state index contributed by atoms with van der Waals surface area (Å²) in [5.74, 6) is -0.336. The van der Waals surface area contributed by atoms with Gasteiger partial charge in [0.05, 0.1) is 4.92 Å². The first-order valence-electron chi connectivity index (χ1n) is 6.90. The normalized spacial score (nSPS) is 18.9. The van der Waals surface area contributed by atoms with Gasteiger partial charge in [-0.3, -0.25) is 14.9 Å². The highest BCUT2D eigenvalue weighted by Crippen LogP contribution is 2.64. The van der Waals surface area contributed by atoms with Gasteiger partial charge in [-0.1, -0.05) is 27.7 Å². The molecule has 1 amide bonds. The van der Waals surface area contributed by atoms with Crippen molar-refractivity contribution in [1.82, 2.24) is 5.32 Å². The van der Waals surface area contributed by atoms with Crippen molar-refractivity contribution in [3.05, 3.63) is 33.9 Å². The first kappa shape index (κ1) is 15.3. The van der Waals surface area contributed by atoms with E-state index >= 15 is 0 Å². The van der Waals surface area contributed by atoms with Crippen LogP contribution in [0.25, 0.3) is 0 Å². The second-order valence-electron chi connectivity index (χ2n) is 6.59. The summed E-state index contributed by atoms with van der Waals surface area (Å²) in [5.41, 5.74) is 0.802. The van der Waals surface area contributed by atoms with Crippen LogP contribution in [0.1, 0.15) is 38.1 Å². The number of nitrogens with one attached hydrogen (secondary N) is 2. The third-order valence-corrected chi connectivity index (χ3v) is 5.00. The number of amides is 1. The number of benzene rings is 1. The van der Waals surface area contributed by atoms with Gasteiger partial charge in [-0.2, -0.15) is 0 Å². The molecular weight excluding hydrogens is 270 g/mol. The van der Waals surface area contributed by atoms with E-state index in [0.29, 0.717) is 5.69 Å². The van der Waals surface area contributed by atoms with Gasteiger partial charge in [-0.25, -0.2) is 0 Å². The van der Waals surface area contributed by atoms with Crippen LogP contribution in [0.3, 0.4) is 0 Å². The summed E-state index contributed by atoms with van der Waals surface area (Å²) in [6.07, 6.45) is 0. The minimum Gasteiger partial charge on any atom is -0.376 e. The Balaban J connectivity index is 2.33. The van der Waals surface area contributed by atoms with Gasteiger partial charge in [0.2, 0.25) is 0 Å². The summed E-state index contributed by atoms with van der Waals surface area (Å²) in [4.78, 5) is 22.4. The largest absolute Gasteiger partial charge is 0.376 e. The minimum atomic E-state index is -0.461. The predicted molar refractivity (Wildman–Crippen MR) is 81.5 cm³/mol. The summed E-state index contributed by atoms with van der Waals surface area (Å²) < 4.78 is 0. The van der Waals surface area contributed by atoms with Crippen LogP contribution in [-0.4, -0.2) is 23.9 Å². The fraction of sp³-hybridized carbons (Fsp3) is 0.533. The summed E-state index contributed by atoms with van der Waals surface area (Å²) >= 11 is 0. The van der Waals surface area contributed by atoms with Gasteiger partial charge in [0, 0.05) is 24.7 Å². The van der Waals surface area contributed by atoms with Gasteiger partial charge in [0.1, 0.15) is 5.69 Å². The number of nitro benzene ring substituents is 1. The van der Waals surface area contributed by atoms with E-state index in [9.17, 15) is 14.9 Å². The standard InChI is InChI=1S/C15H21N3O3/c1-14(2)13(15(14,3)4)17-10-7-6-9(12(19)16-5)8-11(10)18(20)21/h6-8,13,17H,1-5H3,(H,16,19). The van der Waals surface area contributed by atoms with E-state index in [2.05, 4.69) is 38.3 Å². The SMILES string of the molecule is CNC(=O)c1ccc(NC2C(C)(C)C2(C)C)c([N+](=O)[O-])c1. The Kier molecular flexibility index (Phi) is 3.43. The maximum atomic E-state index is 11.6. The van der Waals surface area contributed by atoms with Crippen LogP contribution in [0.5, 0.6) is 0 Å². The molecule has 0 aliphatic heterocycles. The first-order chi connectivity index (χ1) is 9.62. The number of nitrogens with zero attached hydrogens (tertiary/aromatic N) is 1. The Labute approximate surface area is 124 Å². The van der Waals surface area contributed by atoms with Gasteiger partial charge in [0.25, 0.3) is 11.6 Å². The Morgan fingerprint density at radius 2 is 1.81 bits per heavy atom. The molecule has 0 saturated heterocycles. The Morgan fingerprint density at radius 3 is 2.24 bits per heavy atom. The molecule has 0 spiro atoms. The van der Waals surface area contributed by atoms with Gasteiger partial charge in [-0.05, 0) is 23.0 Å². The third-order valence-electron chi connectivity index (χ3n) is 5.00. The third kappa shape index (κ3) is 2.34. The number of nitro groups is 1. The lowest BCUT2D eigenvalue weighted by Crippen LogP contribution is -2.18.